The number of ether oxygens (including phenoxy) is 1. The fourth-order valence-corrected chi connectivity index (χ4v) is 1.64. The molecule has 0 N–H and O–H groups in total. The van der Waals surface area contributed by atoms with E-state index in [4.69, 9.17) is 4.74 Å². The Kier molecular flexibility index (Phi) is 2.58. The smallest absolute Gasteiger partial charge is 0.337 e. The van der Waals surface area contributed by atoms with Crippen molar-refractivity contribution in [3.05, 3.63) is 47.5 Å². The largest absolute Gasteiger partial charge is 0.465 e. The molecule has 1 aliphatic rings. The van der Waals surface area contributed by atoms with Gasteiger partial charge >= 0.3 is 5.97 Å². The molecule has 15 heavy (non-hydrogen) atoms. The molecule has 0 spiro atoms. The first-order chi connectivity index (χ1) is 7.24. The summed E-state index contributed by atoms with van der Waals surface area (Å²) in [5.74, 6) is 0.315. The molecule has 0 unspecified atom stereocenters. The molecule has 0 bridgehead atoms. The lowest BCUT2D eigenvalue weighted by atomic mass is 10.0. The van der Waals surface area contributed by atoms with Crippen molar-refractivity contribution < 1.29 is 9.53 Å². The second-order valence-corrected chi connectivity index (χ2v) is 3.79. The quantitative estimate of drug-likeness (QED) is 0.703. The van der Waals surface area contributed by atoms with E-state index in [9.17, 15) is 4.79 Å². The highest BCUT2D eigenvalue weighted by molar-refractivity contribution is 5.89. The van der Waals surface area contributed by atoms with E-state index in [2.05, 4.69) is 12.7 Å². The van der Waals surface area contributed by atoms with E-state index in [0.717, 1.165) is 5.56 Å². The SMILES string of the molecule is C=[C]c1cc(C(=O)OC)cc(C2CC2)c1. The highest BCUT2D eigenvalue weighted by Crippen LogP contribution is 2.40. The fourth-order valence-electron chi connectivity index (χ4n) is 1.64. The summed E-state index contributed by atoms with van der Waals surface area (Å²) in [5.41, 5.74) is 2.65. The second kappa shape index (κ2) is 3.89. The van der Waals surface area contributed by atoms with Crippen LogP contribution in [0.5, 0.6) is 0 Å². The molecule has 1 aliphatic carbocycles. The van der Waals surface area contributed by atoms with Gasteiger partial charge in [0.25, 0.3) is 0 Å². The summed E-state index contributed by atoms with van der Waals surface area (Å²) in [6, 6.07) is 5.70. The van der Waals surface area contributed by atoms with Crippen LogP contribution < -0.4 is 0 Å². The Morgan fingerprint density at radius 2 is 2.20 bits per heavy atom. The first-order valence-corrected chi connectivity index (χ1v) is 5.01. The lowest BCUT2D eigenvalue weighted by molar-refractivity contribution is 0.0600. The standard InChI is InChI=1S/C13H13O2/c1-3-9-6-11(10-4-5-10)8-12(7-9)13(14)15-2/h6-8,10H,1,4-5H2,2H3. The molecule has 1 radical (unpaired) electrons. The number of benzene rings is 1. The molecule has 0 amide bonds. The molecule has 2 rings (SSSR count). The lowest BCUT2D eigenvalue weighted by Gasteiger charge is -2.05. The average molecular weight is 201 g/mol. The van der Waals surface area contributed by atoms with E-state index >= 15 is 0 Å². The summed E-state index contributed by atoms with van der Waals surface area (Å²) < 4.78 is 4.70. The minimum atomic E-state index is -0.297. The van der Waals surface area contributed by atoms with Crippen LogP contribution in [0.2, 0.25) is 0 Å². The van der Waals surface area contributed by atoms with Crippen molar-refractivity contribution in [2.75, 3.05) is 7.11 Å². The van der Waals surface area contributed by atoms with E-state index in [1.807, 2.05) is 12.1 Å². The Morgan fingerprint density at radius 1 is 1.47 bits per heavy atom. The van der Waals surface area contributed by atoms with Gasteiger partial charge in [-0.05, 0) is 48.1 Å². The summed E-state index contributed by atoms with van der Waals surface area (Å²) in [7, 11) is 1.39. The number of carbonyl (C=O) groups is 1. The van der Waals surface area contributed by atoms with Crippen molar-refractivity contribution in [1.29, 1.82) is 0 Å². The van der Waals surface area contributed by atoms with Gasteiger partial charge < -0.3 is 4.74 Å². The van der Waals surface area contributed by atoms with Crippen LogP contribution in [0.15, 0.2) is 24.8 Å². The molecule has 0 heterocycles. The first kappa shape index (κ1) is 9.97. The van der Waals surface area contributed by atoms with Gasteiger partial charge in [0.15, 0.2) is 0 Å². The van der Waals surface area contributed by atoms with Crippen molar-refractivity contribution in [1.82, 2.24) is 0 Å². The fraction of sp³-hybridized carbons (Fsp3) is 0.308. The summed E-state index contributed by atoms with van der Waals surface area (Å²) in [4.78, 5) is 11.4. The predicted molar refractivity (Wildman–Crippen MR) is 57.7 cm³/mol. The van der Waals surface area contributed by atoms with Gasteiger partial charge in [0, 0.05) is 0 Å². The molecule has 77 valence electrons. The van der Waals surface area contributed by atoms with Gasteiger partial charge in [-0.2, -0.15) is 0 Å². The molecular formula is C13H13O2. The zero-order chi connectivity index (χ0) is 10.8. The minimum absolute atomic E-state index is 0.297. The number of rotatable bonds is 3. The Balaban J connectivity index is 2.40. The average Bonchev–Trinajstić information content (AvgIpc) is 3.11. The van der Waals surface area contributed by atoms with Crippen LogP contribution in [0.3, 0.4) is 0 Å². The Morgan fingerprint density at radius 3 is 2.73 bits per heavy atom. The van der Waals surface area contributed by atoms with Crippen LogP contribution in [-0.4, -0.2) is 13.1 Å². The normalized spacial score (nSPS) is 14.7. The van der Waals surface area contributed by atoms with Crippen LogP contribution in [0, 0.1) is 6.08 Å². The zero-order valence-corrected chi connectivity index (χ0v) is 8.75. The topological polar surface area (TPSA) is 26.3 Å². The summed E-state index contributed by atoms with van der Waals surface area (Å²) in [6.45, 7) is 3.60. The summed E-state index contributed by atoms with van der Waals surface area (Å²) in [5, 5.41) is 0. The number of hydrogen-bond donors (Lipinski definition) is 0. The monoisotopic (exact) mass is 201 g/mol. The van der Waals surface area contributed by atoms with Crippen LogP contribution in [0.25, 0.3) is 0 Å². The van der Waals surface area contributed by atoms with Crippen LogP contribution in [0.4, 0.5) is 0 Å². The van der Waals surface area contributed by atoms with Gasteiger partial charge in [0.1, 0.15) is 0 Å². The molecule has 0 aromatic heterocycles. The number of esters is 1. The van der Waals surface area contributed by atoms with Gasteiger partial charge in [0.2, 0.25) is 0 Å². The van der Waals surface area contributed by atoms with Crippen molar-refractivity contribution in [3.63, 3.8) is 0 Å². The van der Waals surface area contributed by atoms with E-state index in [1.165, 1.54) is 25.5 Å². The molecule has 0 saturated heterocycles. The maximum Gasteiger partial charge on any atom is 0.337 e. The van der Waals surface area contributed by atoms with Crippen LogP contribution in [0.1, 0.15) is 40.2 Å². The van der Waals surface area contributed by atoms with Gasteiger partial charge in [-0.3, -0.25) is 0 Å². The third-order valence-corrected chi connectivity index (χ3v) is 2.63. The Labute approximate surface area is 89.6 Å². The molecule has 0 aliphatic heterocycles. The Bertz CT molecular complexity index is 403. The molecular weight excluding hydrogens is 188 g/mol. The van der Waals surface area contributed by atoms with Gasteiger partial charge in [0.05, 0.1) is 12.7 Å². The highest BCUT2D eigenvalue weighted by atomic mass is 16.5. The molecule has 1 aromatic carbocycles. The molecule has 0 atom stereocenters. The lowest BCUT2D eigenvalue weighted by Crippen LogP contribution is -2.02. The van der Waals surface area contributed by atoms with E-state index in [-0.39, 0.29) is 5.97 Å². The van der Waals surface area contributed by atoms with Crippen LogP contribution in [-0.2, 0) is 4.74 Å². The maximum absolute atomic E-state index is 11.4. The van der Waals surface area contributed by atoms with E-state index in [0.29, 0.717) is 11.5 Å². The van der Waals surface area contributed by atoms with Crippen molar-refractivity contribution in [3.8, 4) is 0 Å². The first-order valence-electron chi connectivity index (χ1n) is 5.01. The summed E-state index contributed by atoms with van der Waals surface area (Å²) >= 11 is 0. The maximum atomic E-state index is 11.4. The van der Waals surface area contributed by atoms with E-state index < -0.39 is 0 Å². The third-order valence-electron chi connectivity index (χ3n) is 2.63. The molecule has 1 fully saturated rings. The molecule has 2 heteroatoms. The summed E-state index contributed by atoms with van der Waals surface area (Å²) in [6.07, 6.45) is 5.23. The van der Waals surface area contributed by atoms with Gasteiger partial charge in [-0.15, -0.1) is 0 Å². The highest BCUT2D eigenvalue weighted by Gasteiger charge is 2.24. The van der Waals surface area contributed by atoms with Crippen molar-refractivity contribution in [2.45, 2.75) is 18.8 Å². The van der Waals surface area contributed by atoms with Crippen LogP contribution >= 0.6 is 0 Å². The number of carbonyl (C=O) groups excluding carboxylic acids is 1. The van der Waals surface area contributed by atoms with Gasteiger partial charge in [-0.1, -0.05) is 12.6 Å². The molecule has 2 nitrogen and oxygen atoms in total. The van der Waals surface area contributed by atoms with E-state index in [1.54, 1.807) is 6.07 Å². The number of hydrogen-bond acceptors (Lipinski definition) is 2. The molecule has 1 saturated carbocycles. The zero-order valence-electron chi connectivity index (χ0n) is 8.75. The minimum Gasteiger partial charge on any atom is -0.465 e. The van der Waals surface area contributed by atoms with Gasteiger partial charge in [-0.25, -0.2) is 4.79 Å². The van der Waals surface area contributed by atoms with Crippen molar-refractivity contribution in [2.24, 2.45) is 0 Å². The Hall–Kier alpha value is -1.57. The second-order valence-electron chi connectivity index (χ2n) is 3.79. The number of methoxy groups -OCH3 is 1. The van der Waals surface area contributed by atoms with Crippen molar-refractivity contribution >= 4 is 5.97 Å². The third kappa shape index (κ3) is 2.09. The molecule has 1 aromatic rings. The predicted octanol–water partition coefficient (Wildman–Crippen LogP) is 2.69.